The smallest absolute Gasteiger partial charge is 0.412 e. The van der Waals surface area contributed by atoms with E-state index < -0.39 is 23.6 Å². The van der Waals surface area contributed by atoms with E-state index in [2.05, 4.69) is 5.32 Å². The molecule has 0 fully saturated rings. The molecule has 220 valence electrons. The maximum atomic E-state index is 12.7. The monoisotopic (exact) mass is 571 g/mol. The van der Waals surface area contributed by atoms with E-state index in [1.54, 1.807) is 32.9 Å². The lowest BCUT2D eigenvalue weighted by molar-refractivity contribution is -0.153. The van der Waals surface area contributed by atoms with E-state index in [0.717, 1.165) is 16.7 Å². The number of amides is 1. The normalized spacial score (nSPS) is 11.8. The molecule has 0 saturated heterocycles. The van der Waals surface area contributed by atoms with Crippen LogP contribution in [0.5, 0.6) is 5.75 Å². The van der Waals surface area contributed by atoms with Gasteiger partial charge in [-0.15, -0.1) is 0 Å². The summed E-state index contributed by atoms with van der Waals surface area (Å²) in [7, 11) is 1.21. The van der Waals surface area contributed by atoms with Gasteiger partial charge in [0.25, 0.3) is 0 Å². The van der Waals surface area contributed by atoms with Crippen LogP contribution in [0, 0.1) is 6.92 Å². The third-order valence-corrected chi connectivity index (χ3v) is 5.82. The van der Waals surface area contributed by atoms with Crippen LogP contribution in [0.15, 0.2) is 96.7 Å². The molecule has 0 heterocycles. The van der Waals surface area contributed by atoms with Crippen LogP contribution in [-0.2, 0) is 37.0 Å². The Labute approximate surface area is 246 Å². The number of esters is 2. The zero-order valence-electron chi connectivity index (χ0n) is 24.6. The molecular formula is C34H37NO7. The van der Waals surface area contributed by atoms with Crippen molar-refractivity contribution in [3.05, 3.63) is 119 Å². The number of carbonyl (C=O) groups excluding carboxylic acids is 3. The highest BCUT2D eigenvalue weighted by Gasteiger charge is 2.19. The summed E-state index contributed by atoms with van der Waals surface area (Å²) in [6.07, 6.45) is 2.19. The van der Waals surface area contributed by atoms with E-state index in [4.69, 9.17) is 18.9 Å². The van der Waals surface area contributed by atoms with Crippen LogP contribution >= 0.6 is 0 Å². The molecule has 0 aliphatic heterocycles. The molecule has 3 rings (SSSR count). The summed E-state index contributed by atoms with van der Waals surface area (Å²) in [6.45, 7) is 7.67. The van der Waals surface area contributed by atoms with E-state index in [1.807, 2.05) is 79.7 Å². The fourth-order valence-electron chi connectivity index (χ4n) is 3.89. The molecule has 0 atom stereocenters. The number of nitrogens with one attached hydrogen (secondary N) is 1. The van der Waals surface area contributed by atoms with Crippen LogP contribution in [0.2, 0.25) is 0 Å². The van der Waals surface area contributed by atoms with Gasteiger partial charge in [-0.05, 0) is 73.7 Å². The molecule has 3 aromatic rings. The van der Waals surface area contributed by atoms with Gasteiger partial charge in [0.2, 0.25) is 0 Å². The molecule has 8 heteroatoms. The fraction of sp³-hybridized carbons (Fsp3) is 0.265. The summed E-state index contributed by atoms with van der Waals surface area (Å²) in [4.78, 5) is 37.8. The minimum atomic E-state index is -0.830. The molecule has 0 aliphatic carbocycles. The summed E-state index contributed by atoms with van der Waals surface area (Å²) >= 11 is 0. The lowest BCUT2D eigenvalue weighted by Gasteiger charge is -2.19. The molecule has 8 nitrogen and oxygen atoms in total. The summed E-state index contributed by atoms with van der Waals surface area (Å²) in [6, 6.07) is 24.5. The van der Waals surface area contributed by atoms with Gasteiger partial charge in [-0.1, -0.05) is 72.8 Å². The van der Waals surface area contributed by atoms with Crippen molar-refractivity contribution in [1.82, 2.24) is 5.32 Å². The average molecular weight is 572 g/mol. The summed E-state index contributed by atoms with van der Waals surface area (Å²) in [5.41, 5.74) is 3.05. The number of ether oxygens (including phenoxy) is 4. The number of methoxy groups -OCH3 is 1. The minimum absolute atomic E-state index is 0.0199. The van der Waals surface area contributed by atoms with Crippen LogP contribution in [0.3, 0.4) is 0 Å². The van der Waals surface area contributed by atoms with Crippen molar-refractivity contribution < 1.29 is 33.3 Å². The second-order valence-electron chi connectivity index (χ2n) is 10.4. The van der Waals surface area contributed by atoms with Crippen LogP contribution in [0.4, 0.5) is 4.79 Å². The number of benzene rings is 3. The van der Waals surface area contributed by atoms with Crippen molar-refractivity contribution in [1.29, 1.82) is 0 Å². The second-order valence-corrected chi connectivity index (χ2v) is 10.4. The molecule has 0 bridgehead atoms. The molecule has 0 unspecified atom stereocenters. The molecule has 1 amide bonds. The number of allylic oxidation sites excluding steroid dienone is 2. The second kappa shape index (κ2) is 15.2. The number of rotatable bonds is 11. The third-order valence-electron chi connectivity index (χ3n) is 5.82. The predicted octanol–water partition coefficient (Wildman–Crippen LogP) is 6.67. The lowest BCUT2D eigenvalue weighted by Crippen LogP contribution is -2.28. The molecule has 0 aromatic heterocycles. The van der Waals surface area contributed by atoms with Gasteiger partial charge in [0, 0.05) is 0 Å². The molecule has 0 spiro atoms. The number of carbonyl (C=O) groups is 3. The Kier molecular flexibility index (Phi) is 11.5. The van der Waals surface area contributed by atoms with Crippen molar-refractivity contribution in [2.45, 2.75) is 52.9 Å². The number of alkyl carbamates (subject to hydrolysis) is 1. The van der Waals surface area contributed by atoms with Gasteiger partial charge in [-0.2, -0.15) is 0 Å². The van der Waals surface area contributed by atoms with Gasteiger partial charge in [-0.25, -0.2) is 9.59 Å². The lowest BCUT2D eigenvalue weighted by atomic mass is 9.98. The Morgan fingerprint density at radius 2 is 1.48 bits per heavy atom. The first-order valence-electron chi connectivity index (χ1n) is 13.5. The third kappa shape index (κ3) is 10.6. The highest BCUT2D eigenvalue weighted by atomic mass is 16.6. The molecular weight excluding hydrogens is 534 g/mol. The van der Waals surface area contributed by atoms with Crippen molar-refractivity contribution >= 4 is 23.6 Å². The fourth-order valence-corrected chi connectivity index (χ4v) is 3.89. The van der Waals surface area contributed by atoms with Crippen LogP contribution in [0.1, 0.15) is 49.4 Å². The van der Waals surface area contributed by atoms with E-state index >= 15 is 0 Å². The Bertz CT molecular complexity index is 1420. The Balaban J connectivity index is 1.88. The zero-order valence-corrected chi connectivity index (χ0v) is 24.6. The van der Waals surface area contributed by atoms with E-state index in [-0.39, 0.29) is 18.7 Å². The quantitative estimate of drug-likeness (QED) is 0.119. The Morgan fingerprint density at radius 1 is 0.857 bits per heavy atom. The van der Waals surface area contributed by atoms with Gasteiger partial charge < -0.3 is 18.9 Å². The zero-order chi connectivity index (χ0) is 30.5. The maximum Gasteiger partial charge on any atom is 0.412 e. The standard InChI is InChI=1S/C34H37NO7/c1-24-20-28(40-22-25-12-8-6-9-13-25)17-18-29(24)27(16-19-31(36)42-34(2,3)4)21-30(32(37)39-5)35-33(38)41-23-26-14-10-7-11-15-26/h6-18,20-21H,19,22-23H2,1-5H3,(H,35,38)/b27-16-,30-21-. The predicted molar refractivity (Wildman–Crippen MR) is 160 cm³/mol. The van der Waals surface area contributed by atoms with Crippen molar-refractivity contribution in [3.63, 3.8) is 0 Å². The van der Waals surface area contributed by atoms with Crippen LogP contribution < -0.4 is 10.1 Å². The Hall–Kier alpha value is -4.85. The number of hydrogen-bond acceptors (Lipinski definition) is 7. The SMILES string of the molecule is COC(=O)/C(=C/C(=C/CC(=O)OC(C)(C)C)c1ccc(OCc2ccccc2)cc1C)NC(=O)OCc1ccccc1. The first-order chi connectivity index (χ1) is 20.0. The van der Waals surface area contributed by atoms with Crippen molar-refractivity contribution in [2.24, 2.45) is 0 Å². The highest BCUT2D eigenvalue weighted by Crippen LogP contribution is 2.27. The first kappa shape index (κ1) is 31.7. The van der Waals surface area contributed by atoms with Gasteiger partial charge in [0.05, 0.1) is 13.5 Å². The minimum Gasteiger partial charge on any atom is -0.489 e. The summed E-state index contributed by atoms with van der Waals surface area (Å²) < 4.78 is 21.6. The first-order valence-corrected chi connectivity index (χ1v) is 13.5. The molecule has 0 radical (unpaired) electrons. The van der Waals surface area contributed by atoms with Gasteiger partial charge in [0.15, 0.2) is 0 Å². The largest absolute Gasteiger partial charge is 0.489 e. The topological polar surface area (TPSA) is 100 Å². The Morgan fingerprint density at radius 3 is 2.05 bits per heavy atom. The van der Waals surface area contributed by atoms with Gasteiger partial charge >= 0.3 is 18.0 Å². The van der Waals surface area contributed by atoms with Gasteiger partial charge in [-0.3, -0.25) is 10.1 Å². The van der Waals surface area contributed by atoms with E-state index in [0.29, 0.717) is 23.5 Å². The average Bonchev–Trinajstić information content (AvgIpc) is 2.96. The van der Waals surface area contributed by atoms with E-state index in [1.165, 1.54) is 13.2 Å². The number of hydrogen-bond donors (Lipinski definition) is 1. The maximum absolute atomic E-state index is 12.7. The summed E-state index contributed by atoms with van der Waals surface area (Å²) in [5, 5.41) is 2.48. The molecule has 0 aliphatic rings. The molecule has 42 heavy (non-hydrogen) atoms. The highest BCUT2D eigenvalue weighted by molar-refractivity contribution is 5.96. The summed E-state index contributed by atoms with van der Waals surface area (Å²) in [5.74, 6) is -0.564. The molecule has 1 N–H and O–H groups in total. The van der Waals surface area contributed by atoms with Crippen molar-refractivity contribution in [2.75, 3.05) is 7.11 Å². The van der Waals surface area contributed by atoms with Crippen LogP contribution in [-0.4, -0.2) is 30.7 Å². The van der Waals surface area contributed by atoms with Crippen LogP contribution in [0.25, 0.3) is 5.57 Å². The van der Waals surface area contributed by atoms with Crippen molar-refractivity contribution in [3.8, 4) is 5.75 Å². The van der Waals surface area contributed by atoms with E-state index in [9.17, 15) is 14.4 Å². The molecule has 3 aromatic carbocycles. The molecule has 0 saturated carbocycles. The number of aryl methyl sites for hydroxylation is 1. The van der Waals surface area contributed by atoms with Gasteiger partial charge in [0.1, 0.15) is 30.3 Å².